The van der Waals surface area contributed by atoms with Gasteiger partial charge >= 0.3 is 0 Å². The van der Waals surface area contributed by atoms with Crippen LogP contribution in [0.1, 0.15) is 57.5 Å². The lowest BCUT2D eigenvalue weighted by Crippen LogP contribution is -2.64. The lowest BCUT2D eigenvalue weighted by atomic mass is 9.82. The minimum Gasteiger partial charge on any atom is -0.397 e. The molecule has 19 N–H and O–H groups in total. The Bertz CT molecular complexity index is 2960. The molecule has 31 heteroatoms. The molecular weight excluding hydrogens is 1020 g/mol. The number of fused-ring (bicyclic) bond motifs is 2. The summed E-state index contributed by atoms with van der Waals surface area (Å²) in [6, 6.07) is 8.35. The van der Waals surface area contributed by atoms with E-state index in [9.17, 15) is 75.8 Å². The molecule has 2 heterocycles. The number of nitrogens with one attached hydrogen (secondary N) is 7. The Labute approximate surface area is 422 Å². The predicted octanol–water partition coefficient (Wildman–Crippen LogP) is -3.10. The van der Waals surface area contributed by atoms with Crippen LogP contribution in [-0.2, 0) is 34.6 Å². The van der Waals surface area contributed by atoms with Crippen molar-refractivity contribution in [1.82, 2.24) is 30.9 Å². The Morgan fingerprint density at radius 2 is 1.38 bits per heavy atom. The molecule has 0 saturated carbocycles. The molecule has 1 aliphatic heterocycles. The molecule has 2 unspecified atom stereocenters. The van der Waals surface area contributed by atoms with Gasteiger partial charge in [0.25, 0.3) is 20.2 Å². The number of carbonyl (C=O) groups excluding carboxylic acids is 4. The first-order valence-electron chi connectivity index (χ1n) is 22.7. The first-order valence-corrected chi connectivity index (χ1v) is 25.5. The number of carbonyl (C=O) groups is 4. The van der Waals surface area contributed by atoms with E-state index < -0.39 is 114 Å². The number of hydrogen-bond acceptors (Lipinski definition) is 25. The summed E-state index contributed by atoms with van der Waals surface area (Å²) in [5, 5.41) is 78.9. The van der Waals surface area contributed by atoms with E-state index >= 15 is 0 Å². The zero-order chi connectivity index (χ0) is 54.1. The summed E-state index contributed by atoms with van der Waals surface area (Å²) in [5.41, 5.74) is 8.76. The van der Waals surface area contributed by atoms with E-state index in [2.05, 4.69) is 52.2 Å². The second-order valence-corrected chi connectivity index (χ2v) is 19.7. The number of nitrogen functional groups attached to an aromatic ring is 1. The molecule has 4 aromatic rings. The number of rotatable bonds is 25. The van der Waals surface area contributed by atoms with Crippen LogP contribution in [0.4, 0.5) is 40.6 Å². The zero-order valence-electron chi connectivity index (χ0n) is 39.0. The standard InChI is InChI=1S/C43H56N12O17S2/c44-14-21(57)15-46-18-31(60)48-16-22(58)17-49-42-53-41(47-11-5-1-2-8-30(59)52-35-39(64)38(63)27(19-56)72-40(35)65)54-43(55-42)51-25-10-9-20(12-28(25)73(66,67)68)50-26-13-29(74(69,70)71)34(45)33-32(26)36(61)23-6-3-4-7-24(23)37(33)62/h3-4,6-7,9-10,12-13,21-22,27,35,38-40,46,50,56-58,63-65H,1-2,5,8,11,14-19,44-45H2,(H,48,60)(H,52,59)(H,66,67,68)(H,69,70,71)(H3,47,49,51,53,54,55)/t21?,22?,27-,35-,38+,39-,40-/m1/s1. The molecule has 2 amide bonds. The Balaban J connectivity index is 1.19. The predicted molar refractivity (Wildman–Crippen MR) is 261 cm³/mol. The summed E-state index contributed by atoms with van der Waals surface area (Å²) < 4.78 is 76.3. The van der Waals surface area contributed by atoms with Crippen molar-refractivity contribution in [3.63, 3.8) is 0 Å². The molecule has 3 aromatic carbocycles. The molecule has 7 atom stereocenters. The van der Waals surface area contributed by atoms with Gasteiger partial charge in [0.1, 0.15) is 34.1 Å². The lowest BCUT2D eigenvalue weighted by Gasteiger charge is -2.40. The van der Waals surface area contributed by atoms with Crippen LogP contribution in [0, 0.1) is 0 Å². The quantitative estimate of drug-likeness (QED) is 0.0156. The second-order valence-electron chi connectivity index (χ2n) is 16.9. The maximum atomic E-state index is 13.8. The number of aliphatic hydroxyl groups is 6. The van der Waals surface area contributed by atoms with Crippen molar-refractivity contribution in [3.8, 4) is 0 Å². The summed E-state index contributed by atoms with van der Waals surface area (Å²) in [7, 11) is -10.3. The topological polar surface area (TPSA) is 483 Å². The zero-order valence-corrected chi connectivity index (χ0v) is 40.6. The van der Waals surface area contributed by atoms with E-state index in [0.29, 0.717) is 19.3 Å². The maximum absolute atomic E-state index is 13.8. The van der Waals surface area contributed by atoms with Crippen LogP contribution in [0.15, 0.2) is 58.3 Å². The number of anilines is 7. The first-order chi connectivity index (χ1) is 35.0. The molecule has 1 aromatic heterocycles. The Hall–Kier alpha value is -6.59. The van der Waals surface area contributed by atoms with Crippen molar-refractivity contribution >= 4 is 84.2 Å². The third-order valence-corrected chi connectivity index (χ3v) is 13.2. The van der Waals surface area contributed by atoms with Crippen molar-refractivity contribution in [3.05, 3.63) is 70.8 Å². The molecule has 1 saturated heterocycles. The molecule has 29 nitrogen and oxygen atoms in total. The number of nitrogens with two attached hydrogens (primary N) is 2. The number of aliphatic hydroxyl groups excluding tert-OH is 6. The van der Waals surface area contributed by atoms with Gasteiger partial charge in [0.15, 0.2) is 17.9 Å². The first kappa shape index (κ1) is 56.7. The van der Waals surface area contributed by atoms with Gasteiger partial charge in [-0.2, -0.15) is 31.8 Å². The normalized spacial score (nSPS) is 19.4. The minimum atomic E-state index is -5.15. The van der Waals surface area contributed by atoms with E-state index in [-0.39, 0.29) is 97.3 Å². The van der Waals surface area contributed by atoms with Crippen molar-refractivity contribution < 1.29 is 80.5 Å². The number of unbranched alkanes of at least 4 members (excludes halogenated alkanes) is 2. The monoisotopic (exact) mass is 1080 g/mol. The summed E-state index contributed by atoms with van der Waals surface area (Å²) >= 11 is 0. The number of benzene rings is 3. The number of nitrogens with zero attached hydrogens (tertiary/aromatic N) is 3. The molecule has 1 aliphatic carbocycles. The van der Waals surface area contributed by atoms with Crippen LogP contribution in [-0.4, -0.2) is 184 Å². The fraction of sp³-hybridized carbons (Fsp3) is 0.419. The summed E-state index contributed by atoms with van der Waals surface area (Å²) in [4.78, 5) is 63.4. The number of ether oxygens (including phenoxy) is 1. The van der Waals surface area contributed by atoms with E-state index in [1.165, 1.54) is 30.3 Å². The fourth-order valence-corrected chi connectivity index (χ4v) is 9.02. The number of hydrogen-bond donors (Lipinski definition) is 17. The van der Waals surface area contributed by atoms with Gasteiger partial charge in [0.05, 0.1) is 53.5 Å². The Morgan fingerprint density at radius 1 is 0.730 bits per heavy atom. The highest BCUT2D eigenvalue weighted by atomic mass is 32.2. The number of ketones is 2. The van der Waals surface area contributed by atoms with Gasteiger partial charge in [-0.05, 0) is 37.1 Å². The molecule has 6 rings (SSSR count). The third-order valence-electron chi connectivity index (χ3n) is 11.5. The highest BCUT2D eigenvalue weighted by Crippen LogP contribution is 2.41. The van der Waals surface area contributed by atoms with E-state index in [1.54, 1.807) is 0 Å². The van der Waals surface area contributed by atoms with Gasteiger partial charge in [-0.25, -0.2) is 0 Å². The van der Waals surface area contributed by atoms with Crippen LogP contribution >= 0.6 is 0 Å². The van der Waals surface area contributed by atoms with Crippen LogP contribution in [0.2, 0.25) is 0 Å². The van der Waals surface area contributed by atoms with Crippen LogP contribution in [0.25, 0.3) is 0 Å². The molecule has 0 bridgehead atoms. The molecule has 402 valence electrons. The average molecular weight is 1080 g/mol. The maximum Gasteiger partial charge on any atom is 0.296 e. The second kappa shape index (κ2) is 24.6. The average Bonchev–Trinajstić information content (AvgIpc) is 3.35. The Kier molecular flexibility index (Phi) is 18.9. The van der Waals surface area contributed by atoms with E-state index in [0.717, 1.165) is 18.2 Å². The lowest BCUT2D eigenvalue weighted by molar-refractivity contribution is -0.253. The minimum absolute atomic E-state index is 0.0160. The fourth-order valence-electron chi connectivity index (χ4n) is 7.70. The summed E-state index contributed by atoms with van der Waals surface area (Å²) in [5.74, 6) is -3.28. The SMILES string of the molecule is NCC(O)CNCC(=O)NCC(O)CNc1nc(NCCCCCC(=O)N[C@@H]2[C@@H](O)[C@@H](O)[C@@H](CO)O[C@H]2O)nc(Nc2ccc(Nc3cc(S(=O)(=O)O)c(N)c4c3C(=O)c3ccccc3C4=O)cc2S(=O)(=O)O)n1. The van der Waals surface area contributed by atoms with Gasteiger partial charge in [-0.15, -0.1) is 0 Å². The van der Waals surface area contributed by atoms with Gasteiger partial charge < -0.3 is 84.1 Å². The van der Waals surface area contributed by atoms with Crippen molar-refractivity contribution in [2.45, 2.75) is 78.3 Å². The van der Waals surface area contributed by atoms with Crippen LogP contribution in [0.3, 0.4) is 0 Å². The largest absolute Gasteiger partial charge is 0.397 e. The van der Waals surface area contributed by atoms with Crippen molar-refractivity contribution in [2.24, 2.45) is 5.73 Å². The van der Waals surface area contributed by atoms with E-state index in [4.69, 9.17) is 16.2 Å². The molecule has 0 spiro atoms. The van der Waals surface area contributed by atoms with Crippen LogP contribution in [0.5, 0.6) is 0 Å². The number of aromatic nitrogens is 3. The van der Waals surface area contributed by atoms with Crippen LogP contribution < -0.4 is 48.7 Å². The smallest absolute Gasteiger partial charge is 0.296 e. The highest BCUT2D eigenvalue weighted by Gasteiger charge is 2.44. The molecular formula is C43H56N12O17S2. The van der Waals surface area contributed by atoms with Gasteiger partial charge in [0, 0.05) is 56.0 Å². The highest BCUT2D eigenvalue weighted by molar-refractivity contribution is 7.86. The van der Waals surface area contributed by atoms with Gasteiger partial charge in [0.2, 0.25) is 29.7 Å². The van der Waals surface area contributed by atoms with Gasteiger partial charge in [-0.3, -0.25) is 28.3 Å². The summed E-state index contributed by atoms with van der Waals surface area (Å²) in [6.07, 6.45) is -7.07. The Morgan fingerprint density at radius 3 is 2.03 bits per heavy atom. The molecule has 0 radical (unpaired) electrons. The third kappa shape index (κ3) is 14.2. The van der Waals surface area contributed by atoms with Crippen molar-refractivity contribution in [2.75, 3.05) is 72.9 Å². The van der Waals surface area contributed by atoms with E-state index in [1.807, 2.05) is 0 Å². The molecule has 74 heavy (non-hydrogen) atoms. The summed E-state index contributed by atoms with van der Waals surface area (Å²) in [6.45, 7) is -1.11. The molecule has 2 aliphatic rings. The number of amides is 2. The van der Waals surface area contributed by atoms with Gasteiger partial charge in [-0.1, -0.05) is 30.7 Å². The van der Waals surface area contributed by atoms with Crippen molar-refractivity contribution in [1.29, 1.82) is 0 Å². The molecule has 1 fully saturated rings.